The summed E-state index contributed by atoms with van der Waals surface area (Å²) in [6.45, 7) is 8.00. The number of nitrogens with zero attached hydrogens (tertiary/aromatic N) is 9. The molecular formula is C43H35N11O4. The number of carbonyl (C=O) groups excluding carboxylic acids is 1. The number of carbonyl (C=O) groups is 1. The second-order valence-electron chi connectivity index (χ2n) is 13.7. The lowest BCUT2D eigenvalue weighted by Gasteiger charge is -2.20. The molecule has 15 heteroatoms. The summed E-state index contributed by atoms with van der Waals surface area (Å²) in [7, 11) is 0. The molecule has 2 aliphatic rings. The van der Waals surface area contributed by atoms with Gasteiger partial charge in [0.15, 0.2) is 22.7 Å². The molecule has 0 fully saturated rings. The van der Waals surface area contributed by atoms with Crippen LogP contribution in [0.4, 0.5) is 16.2 Å². The molecule has 0 saturated carbocycles. The first-order valence-corrected chi connectivity index (χ1v) is 17.8. The molecule has 58 heavy (non-hydrogen) atoms. The molecule has 0 radical (unpaired) electrons. The van der Waals surface area contributed by atoms with E-state index in [0.717, 1.165) is 22.5 Å². The van der Waals surface area contributed by atoms with Crippen molar-refractivity contribution in [2.75, 3.05) is 23.8 Å². The van der Waals surface area contributed by atoms with E-state index in [4.69, 9.17) is 14.2 Å². The second kappa shape index (κ2) is 17.8. The molecular weight excluding hydrogens is 735 g/mol. The Bertz CT molecular complexity index is 2530. The van der Waals surface area contributed by atoms with Crippen LogP contribution in [-0.2, 0) is 27.2 Å². The van der Waals surface area contributed by atoms with Crippen LogP contribution in [0.2, 0.25) is 0 Å². The third-order valence-corrected chi connectivity index (χ3v) is 8.93. The topological polar surface area (TPSA) is 242 Å². The second-order valence-corrected chi connectivity index (χ2v) is 13.7. The van der Waals surface area contributed by atoms with Gasteiger partial charge in [-0.3, -0.25) is 5.32 Å². The predicted molar refractivity (Wildman–Crippen MR) is 210 cm³/mol. The average molecular weight is 770 g/mol. The number of anilines is 2. The zero-order chi connectivity index (χ0) is 41.9. The van der Waals surface area contributed by atoms with E-state index in [-0.39, 0.29) is 40.4 Å². The molecule has 0 bridgehead atoms. The minimum atomic E-state index is -0.923. The molecule has 2 aromatic carbocycles. The summed E-state index contributed by atoms with van der Waals surface area (Å²) in [5.41, 5.74) is 2.90. The summed E-state index contributed by atoms with van der Waals surface area (Å²) < 4.78 is 18.5. The molecule has 15 nitrogen and oxygen atoms in total. The zero-order valence-electron chi connectivity index (χ0n) is 32.0. The monoisotopic (exact) mass is 769 g/mol. The summed E-state index contributed by atoms with van der Waals surface area (Å²) in [4.78, 5) is 12.4. The Kier molecular flexibility index (Phi) is 12.6. The van der Waals surface area contributed by atoms with Gasteiger partial charge in [-0.2, -0.15) is 31.6 Å². The average Bonchev–Trinajstić information content (AvgIpc) is 3.84. The Morgan fingerprint density at radius 2 is 1.22 bits per heavy atom. The van der Waals surface area contributed by atoms with Crippen LogP contribution >= 0.6 is 0 Å². The third kappa shape index (κ3) is 9.46. The number of nitrogens with one attached hydrogen (secondary N) is 2. The molecule has 2 N–H and O–H groups in total. The highest BCUT2D eigenvalue weighted by molar-refractivity contribution is 5.84. The molecule has 286 valence electrons. The molecule has 3 aromatic rings. The van der Waals surface area contributed by atoms with Gasteiger partial charge < -0.3 is 19.5 Å². The van der Waals surface area contributed by atoms with Gasteiger partial charge in [0.1, 0.15) is 65.4 Å². The van der Waals surface area contributed by atoms with Crippen LogP contribution in [0.3, 0.4) is 0 Å². The van der Waals surface area contributed by atoms with Crippen molar-refractivity contribution in [3.05, 3.63) is 129 Å². The number of rotatable bonds is 12. The number of benzene rings is 2. The number of hydrogen-bond donors (Lipinski definition) is 2. The highest BCUT2D eigenvalue weighted by atomic mass is 16.5. The number of allylic oxidation sites excluding steroid dienone is 4. The van der Waals surface area contributed by atoms with Crippen molar-refractivity contribution in [3.8, 4) is 36.4 Å². The standard InChI is InChI=1S/C43H35N11O4/c1-42(2)37(35(25-48)39(57-42)30(21-44)22-45)15-9-28-5-11-32(12-6-28)50-18-17-34-27-54(53-52-34)19-20-56-41(55)51-33-13-7-29(8-14-33)10-16-38-36(26-49)40(31(23-46)24-47)58-43(38,3)4/h5-16,27,50H,17-20H2,1-4H3,(H,51,55)/b15-9+,16-10+. The Balaban J connectivity index is 1.05. The first-order chi connectivity index (χ1) is 27.9. The van der Waals surface area contributed by atoms with Gasteiger partial charge in [-0.25, -0.2) is 9.48 Å². The molecule has 5 rings (SSSR count). The van der Waals surface area contributed by atoms with E-state index in [1.54, 1.807) is 105 Å². The molecule has 3 heterocycles. The van der Waals surface area contributed by atoms with Crippen LogP contribution in [-0.4, -0.2) is 45.4 Å². The van der Waals surface area contributed by atoms with Crippen LogP contribution in [0.5, 0.6) is 0 Å². The number of ether oxygens (including phenoxy) is 3. The van der Waals surface area contributed by atoms with E-state index >= 15 is 0 Å². The van der Waals surface area contributed by atoms with E-state index in [1.165, 1.54) is 0 Å². The number of aromatic nitrogens is 3. The lowest BCUT2D eigenvalue weighted by Crippen LogP contribution is -2.20. The zero-order valence-corrected chi connectivity index (χ0v) is 32.0. The Hall–Kier alpha value is -8.37. The molecule has 0 saturated heterocycles. The normalized spacial score (nSPS) is 15.0. The van der Waals surface area contributed by atoms with Gasteiger partial charge in [0.25, 0.3) is 0 Å². The Labute approximate surface area is 335 Å². The summed E-state index contributed by atoms with van der Waals surface area (Å²) in [6.07, 6.45) is 8.84. The lowest BCUT2D eigenvalue weighted by molar-refractivity contribution is 0.0951. The molecule has 1 amide bonds. The van der Waals surface area contributed by atoms with E-state index in [2.05, 4.69) is 27.0 Å². The summed E-state index contributed by atoms with van der Waals surface area (Å²) in [5.74, 6) is -0.0268. The fourth-order valence-electron chi connectivity index (χ4n) is 6.00. The van der Waals surface area contributed by atoms with Crippen molar-refractivity contribution in [3.63, 3.8) is 0 Å². The van der Waals surface area contributed by atoms with Gasteiger partial charge >= 0.3 is 6.09 Å². The third-order valence-electron chi connectivity index (χ3n) is 8.93. The first-order valence-electron chi connectivity index (χ1n) is 17.8. The van der Waals surface area contributed by atoms with Gasteiger partial charge in [-0.05, 0) is 63.1 Å². The van der Waals surface area contributed by atoms with Gasteiger partial charge in [-0.1, -0.05) is 53.8 Å². The number of hydrogen-bond acceptors (Lipinski definition) is 13. The van der Waals surface area contributed by atoms with Crippen molar-refractivity contribution in [1.82, 2.24) is 15.0 Å². The molecule has 0 aliphatic carbocycles. The Morgan fingerprint density at radius 3 is 1.69 bits per heavy atom. The van der Waals surface area contributed by atoms with Crippen molar-refractivity contribution < 1.29 is 19.0 Å². The predicted octanol–water partition coefficient (Wildman–Crippen LogP) is 7.07. The summed E-state index contributed by atoms with van der Waals surface area (Å²) in [6, 6.07) is 25.9. The van der Waals surface area contributed by atoms with Crippen LogP contribution in [0, 0.1) is 68.0 Å². The van der Waals surface area contributed by atoms with Crippen molar-refractivity contribution in [1.29, 1.82) is 31.6 Å². The van der Waals surface area contributed by atoms with Crippen LogP contribution in [0.1, 0.15) is 44.5 Å². The SMILES string of the molecule is CC1(C)OC(=C(C#N)C#N)C(C#N)=C1/C=C/c1ccc(NCCc2cn(CCOC(=O)Nc3ccc(/C=C/C4=C(C#N)C(=C(C#N)C#N)OC4(C)C)cc3)nn2)cc1. The maximum Gasteiger partial charge on any atom is 0.411 e. The van der Waals surface area contributed by atoms with Crippen LogP contribution < -0.4 is 10.6 Å². The molecule has 1 aromatic heterocycles. The smallest absolute Gasteiger partial charge is 0.411 e. The first kappa shape index (κ1) is 40.8. The Morgan fingerprint density at radius 1 is 0.741 bits per heavy atom. The van der Waals surface area contributed by atoms with Gasteiger partial charge in [0.2, 0.25) is 0 Å². The van der Waals surface area contributed by atoms with E-state index in [9.17, 15) is 36.4 Å². The van der Waals surface area contributed by atoms with Gasteiger partial charge in [0, 0.05) is 41.7 Å². The van der Waals surface area contributed by atoms with Gasteiger partial charge in [-0.15, -0.1) is 5.10 Å². The minimum absolute atomic E-state index is 0.000831. The highest BCUT2D eigenvalue weighted by Gasteiger charge is 2.39. The molecule has 0 unspecified atom stereocenters. The molecule has 0 spiro atoms. The molecule has 0 atom stereocenters. The number of amides is 1. The number of nitriles is 6. The van der Waals surface area contributed by atoms with E-state index < -0.39 is 17.3 Å². The van der Waals surface area contributed by atoms with Crippen molar-refractivity contribution in [2.45, 2.75) is 51.9 Å². The fraction of sp³-hybridized carbons (Fsp3) is 0.233. The van der Waals surface area contributed by atoms with E-state index in [0.29, 0.717) is 36.3 Å². The van der Waals surface area contributed by atoms with Crippen molar-refractivity contribution in [2.24, 2.45) is 0 Å². The maximum absolute atomic E-state index is 12.4. The van der Waals surface area contributed by atoms with E-state index in [1.807, 2.05) is 36.4 Å². The van der Waals surface area contributed by atoms with Gasteiger partial charge in [0.05, 0.1) is 12.2 Å². The van der Waals surface area contributed by atoms with Crippen LogP contribution in [0.15, 0.2) is 112 Å². The maximum atomic E-state index is 12.4. The summed E-state index contributed by atoms with van der Waals surface area (Å²) in [5, 5.41) is 70.8. The van der Waals surface area contributed by atoms with Crippen molar-refractivity contribution >= 4 is 29.6 Å². The lowest BCUT2D eigenvalue weighted by atomic mass is 9.94. The minimum Gasteiger partial charge on any atom is -0.480 e. The highest BCUT2D eigenvalue weighted by Crippen LogP contribution is 2.41. The largest absolute Gasteiger partial charge is 0.480 e. The summed E-state index contributed by atoms with van der Waals surface area (Å²) >= 11 is 0. The van der Waals surface area contributed by atoms with Crippen LogP contribution in [0.25, 0.3) is 12.2 Å². The quantitative estimate of drug-likeness (QED) is 0.175. The fourth-order valence-corrected chi connectivity index (χ4v) is 6.00. The molecule has 2 aliphatic heterocycles.